The average molecular weight is 375 g/mol. The van der Waals surface area contributed by atoms with Crippen molar-refractivity contribution in [2.45, 2.75) is 6.54 Å². The normalized spacial score (nSPS) is 13.9. The third kappa shape index (κ3) is 4.32. The van der Waals surface area contributed by atoms with Gasteiger partial charge in [-0.25, -0.2) is 9.97 Å². The van der Waals surface area contributed by atoms with Crippen molar-refractivity contribution in [3.8, 4) is 11.3 Å². The molecule has 3 aromatic rings. The van der Waals surface area contributed by atoms with E-state index < -0.39 is 0 Å². The Morgan fingerprint density at radius 3 is 2.71 bits per heavy atom. The van der Waals surface area contributed by atoms with Gasteiger partial charge in [0.1, 0.15) is 11.5 Å². The maximum atomic E-state index is 12.4. The van der Waals surface area contributed by atoms with Crippen LogP contribution >= 0.6 is 0 Å². The summed E-state index contributed by atoms with van der Waals surface area (Å²) >= 11 is 0. The monoisotopic (exact) mass is 375 g/mol. The highest BCUT2D eigenvalue weighted by Crippen LogP contribution is 2.20. The minimum absolute atomic E-state index is 0.219. The molecule has 1 amide bonds. The van der Waals surface area contributed by atoms with Crippen LogP contribution in [-0.4, -0.2) is 47.2 Å². The van der Waals surface area contributed by atoms with E-state index in [2.05, 4.69) is 25.2 Å². The zero-order valence-corrected chi connectivity index (χ0v) is 15.4. The van der Waals surface area contributed by atoms with Crippen LogP contribution in [0.3, 0.4) is 0 Å². The van der Waals surface area contributed by atoms with Crippen molar-refractivity contribution in [2.75, 3.05) is 31.2 Å². The summed E-state index contributed by atoms with van der Waals surface area (Å²) in [5.74, 6) is 0.709. The van der Waals surface area contributed by atoms with Crippen molar-refractivity contribution >= 4 is 11.7 Å². The predicted octanol–water partition coefficient (Wildman–Crippen LogP) is 2.31. The minimum atomic E-state index is -0.219. The molecule has 1 aliphatic heterocycles. The summed E-state index contributed by atoms with van der Waals surface area (Å²) in [6, 6.07) is 13.1. The zero-order valence-electron chi connectivity index (χ0n) is 15.4. The second kappa shape index (κ2) is 8.58. The molecule has 0 atom stereocenters. The summed E-state index contributed by atoms with van der Waals surface area (Å²) in [7, 11) is 0. The number of carbonyl (C=O) groups excluding carboxylic acids is 1. The first-order chi connectivity index (χ1) is 13.8. The van der Waals surface area contributed by atoms with Gasteiger partial charge in [-0.1, -0.05) is 12.1 Å². The molecule has 142 valence electrons. The molecule has 4 rings (SSSR count). The Bertz CT molecular complexity index is 925. The quantitative estimate of drug-likeness (QED) is 0.737. The fraction of sp³-hybridized carbons (Fsp3) is 0.238. The van der Waals surface area contributed by atoms with Crippen LogP contribution < -0.4 is 10.2 Å². The molecule has 0 unspecified atom stereocenters. The van der Waals surface area contributed by atoms with Crippen LogP contribution in [0.4, 0.5) is 5.82 Å². The van der Waals surface area contributed by atoms with Gasteiger partial charge in [0, 0.05) is 43.8 Å². The van der Waals surface area contributed by atoms with Crippen LogP contribution in [0.25, 0.3) is 11.3 Å². The number of rotatable bonds is 5. The lowest BCUT2D eigenvalue weighted by molar-refractivity contribution is 0.0946. The number of hydrogen-bond donors (Lipinski definition) is 1. The van der Waals surface area contributed by atoms with Gasteiger partial charge in [-0.2, -0.15) is 0 Å². The summed E-state index contributed by atoms with van der Waals surface area (Å²) in [5, 5.41) is 2.87. The van der Waals surface area contributed by atoms with Gasteiger partial charge in [0.2, 0.25) is 0 Å². The van der Waals surface area contributed by atoms with Gasteiger partial charge in [0.05, 0.1) is 18.9 Å². The first kappa shape index (κ1) is 18.1. The van der Waals surface area contributed by atoms with Crippen LogP contribution in [0.5, 0.6) is 0 Å². The molecule has 1 saturated heterocycles. The van der Waals surface area contributed by atoms with Crippen LogP contribution in [-0.2, 0) is 11.3 Å². The third-order valence-corrected chi connectivity index (χ3v) is 4.54. The molecule has 7 nitrogen and oxygen atoms in total. The fourth-order valence-corrected chi connectivity index (χ4v) is 3.01. The Balaban J connectivity index is 1.44. The first-order valence-corrected chi connectivity index (χ1v) is 9.23. The molecular formula is C21H21N5O2. The van der Waals surface area contributed by atoms with Gasteiger partial charge in [-0.05, 0) is 35.9 Å². The van der Waals surface area contributed by atoms with Gasteiger partial charge >= 0.3 is 0 Å². The molecule has 1 fully saturated rings. The maximum absolute atomic E-state index is 12.4. The number of hydrogen-bond acceptors (Lipinski definition) is 6. The third-order valence-electron chi connectivity index (χ3n) is 4.54. The second-order valence-electron chi connectivity index (χ2n) is 6.46. The van der Waals surface area contributed by atoms with E-state index in [4.69, 9.17) is 4.74 Å². The number of pyridine rings is 3. The molecule has 1 N–H and O–H groups in total. The van der Waals surface area contributed by atoms with E-state index in [9.17, 15) is 4.79 Å². The topological polar surface area (TPSA) is 80.2 Å². The van der Waals surface area contributed by atoms with Crippen LogP contribution in [0.1, 0.15) is 16.1 Å². The highest BCUT2D eigenvalue weighted by atomic mass is 16.5. The lowest BCUT2D eigenvalue weighted by atomic mass is 10.1. The number of amides is 1. The highest BCUT2D eigenvalue weighted by Gasteiger charge is 2.13. The number of morpholine rings is 1. The highest BCUT2D eigenvalue weighted by molar-refractivity contribution is 5.92. The molecule has 0 aliphatic carbocycles. The van der Waals surface area contributed by atoms with Crippen molar-refractivity contribution < 1.29 is 9.53 Å². The molecule has 1 aliphatic rings. The number of nitrogens with one attached hydrogen (secondary N) is 1. The smallest absolute Gasteiger partial charge is 0.270 e. The molecular weight excluding hydrogens is 354 g/mol. The molecule has 4 heterocycles. The van der Waals surface area contributed by atoms with Crippen molar-refractivity contribution in [3.63, 3.8) is 0 Å². The number of nitrogens with zero attached hydrogens (tertiary/aromatic N) is 4. The Hall–Kier alpha value is -3.32. The van der Waals surface area contributed by atoms with E-state index in [0.717, 1.165) is 48.9 Å². The Morgan fingerprint density at radius 2 is 1.96 bits per heavy atom. The van der Waals surface area contributed by atoms with E-state index in [0.29, 0.717) is 12.2 Å². The van der Waals surface area contributed by atoms with Gasteiger partial charge in [-0.3, -0.25) is 9.78 Å². The number of carbonyl (C=O) groups is 1. The van der Waals surface area contributed by atoms with Gasteiger partial charge < -0.3 is 15.0 Å². The maximum Gasteiger partial charge on any atom is 0.270 e. The van der Waals surface area contributed by atoms with Crippen molar-refractivity contribution in [2.24, 2.45) is 0 Å². The molecule has 0 bridgehead atoms. The van der Waals surface area contributed by atoms with Gasteiger partial charge in [0.15, 0.2) is 0 Å². The number of ether oxygens (including phenoxy) is 1. The molecule has 0 spiro atoms. The zero-order chi connectivity index (χ0) is 19.2. The van der Waals surface area contributed by atoms with E-state index in [1.54, 1.807) is 24.7 Å². The molecule has 0 aromatic carbocycles. The summed E-state index contributed by atoms with van der Waals surface area (Å²) in [5.41, 5.74) is 2.91. The molecule has 7 heteroatoms. The van der Waals surface area contributed by atoms with E-state index in [1.807, 2.05) is 36.4 Å². The SMILES string of the molecule is O=C(NCc1cccnc1)c1cccc(-c2ccc(N3CCOCC3)nc2)n1. The Kier molecular flexibility index (Phi) is 5.53. The van der Waals surface area contributed by atoms with Crippen molar-refractivity contribution in [1.82, 2.24) is 20.3 Å². The largest absolute Gasteiger partial charge is 0.378 e. The van der Waals surface area contributed by atoms with Gasteiger partial charge in [-0.15, -0.1) is 0 Å². The van der Waals surface area contributed by atoms with E-state index in [-0.39, 0.29) is 5.91 Å². The summed E-state index contributed by atoms with van der Waals surface area (Å²) < 4.78 is 5.38. The fourth-order valence-electron chi connectivity index (χ4n) is 3.01. The Morgan fingerprint density at radius 1 is 1.07 bits per heavy atom. The van der Waals surface area contributed by atoms with E-state index >= 15 is 0 Å². The lowest BCUT2D eigenvalue weighted by Gasteiger charge is -2.27. The standard InChI is InChI=1S/C21H21N5O2/c27-21(24-14-16-3-2-8-22-13-16)19-5-1-4-18(25-19)17-6-7-20(23-15-17)26-9-11-28-12-10-26/h1-8,13,15H,9-12,14H2,(H,24,27). The minimum Gasteiger partial charge on any atom is -0.378 e. The van der Waals surface area contributed by atoms with Crippen molar-refractivity contribution in [3.05, 3.63) is 72.3 Å². The molecule has 0 radical (unpaired) electrons. The van der Waals surface area contributed by atoms with Crippen LogP contribution in [0, 0.1) is 0 Å². The van der Waals surface area contributed by atoms with E-state index in [1.165, 1.54) is 0 Å². The number of anilines is 1. The molecule has 0 saturated carbocycles. The summed E-state index contributed by atoms with van der Waals surface area (Å²) in [4.78, 5) is 27.7. The summed E-state index contributed by atoms with van der Waals surface area (Å²) in [6.45, 7) is 3.55. The Labute approximate surface area is 163 Å². The van der Waals surface area contributed by atoms with Gasteiger partial charge in [0.25, 0.3) is 5.91 Å². The predicted molar refractivity (Wildman–Crippen MR) is 106 cm³/mol. The first-order valence-electron chi connectivity index (χ1n) is 9.23. The number of aromatic nitrogens is 3. The second-order valence-corrected chi connectivity index (χ2v) is 6.46. The van der Waals surface area contributed by atoms with Crippen LogP contribution in [0.15, 0.2) is 61.1 Å². The molecule has 3 aromatic heterocycles. The summed E-state index contributed by atoms with van der Waals surface area (Å²) in [6.07, 6.45) is 5.23. The van der Waals surface area contributed by atoms with Crippen molar-refractivity contribution in [1.29, 1.82) is 0 Å². The lowest BCUT2D eigenvalue weighted by Crippen LogP contribution is -2.36. The average Bonchev–Trinajstić information content (AvgIpc) is 2.79. The van der Waals surface area contributed by atoms with Crippen LogP contribution in [0.2, 0.25) is 0 Å². The molecule has 28 heavy (non-hydrogen) atoms.